The summed E-state index contributed by atoms with van der Waals surface area (Å²) in [4.78, 5) is 11.7. The number of aliphatic hydroxyl groups excluding tert-OH is 1. The summed E-state index contributed by atoms with van der Waals surface area (Å²) >= 11 is 0. The number of hydrogen-bond donors (Lipinski definition) is 2. The fourth-order valence-electron chi connectivity index (χ4n) is 1.44. The van der Waals surface area contributed by atoms with Crippen molar-refractivity contribution in [2.45, 2.75) is 6.42 Å². The smallest absolute Gasteiger partial charge is 0.277 e. The van der Waals surface area contributed by atoms with E-state index >= 15 is 0 Å². The van der Waals surface area contributed by atoms with Crippen LogP contribution in [-0.2, 0) is 0 Å². The van der Waals surface area contributed by atoms with Crippen molar-refractivity contribution < 1.29 is 18.8 Å². The van der Waals surface area contributed by atoms with E-state index in [-0.39, 0.29) is 24.3 Å². The number of nitrogens with one attached hydrogen (secondary N) is 1. The van der Waals surface area contributed by atoms with Gasteiger partial charge in [0.2, 0.25) is 0 Å². The predicted molar refractivity (Wildman–Crippen MR) is 69.4 cm³/mol. The molecule has 0 saturated carbocycles. The van der Waals surface area contributed by atoms with Crippen LogP contribution in [0.4, 0.5) is 10.1 Å². The highest BCUT2D eigenvalue weighted by Gasteiger charge is 2.10. The molecule has 1 aromatic carbocycles. The molecule has 1 amide bonds. The molecule has 0 aliphatic carbocycles. The van der Waals surface area contributed by atoms with Gasteiger partial charge in [0.05, 0.1) is 12.2 Å². The summed E-state index contributed by atoms with van der Waals surface area (Å²) in [5, 5.41) is 14.7. The monoisotopic (exact) mass is 274 g/mol. The highest BCUT2D eigenvalue weighted by Crippen LogP contribution is 2.15. The number of nitrogens with zero attached hydrogens (tertiary/aromatic N) is 1. The summed E-state index contributed by atoms with van der Waals surface area (Å²) in [6.07, 6.45) is 1.54. The van der Waals surface area contributed by atoms with Crippen molar-refractivity contribution in [3.05, 3.63) is 47.6 Å². The second kappa shape index (κ2) is 6.50. The molecule has 20 heavy (non-hydrogen) atoms. The van der Waals surface area contributed by atoms with Crippen LogP contribution in [0.25, 0.3) is 0 Å². The number of benzene rings is 1. The van der Waals surface area contributed by atoms with Crippen molar-refractivity contribution in [3.8, 4) is 11.8 Å². The van der Waals surface area contributed by atoms with Gasteiger partial charge >= 0.3 is 0 Å². The summed E-state index contributed by atoms with van der Waals surface area (Å²) in [6, 6.07) is 5.46. The van der Waals surface area contributed by atoms with Crippen molar-refractivity contribution in [2.75, 3.05) is 11.9 Å². The van der Waals surface area contributed by atoms with Crippen LogP contribution in [0.15, 0.2) is 35.1 Å². The lowest BCUT2D eigenvalue weighted by atomic mass is 10.2. The maximum absolute atomic E-state index is 13.5. The Bertz CT molecular complexity index is 657. The van der Waals surface area contributed by atoms with Crippen LogP contribution in [0.3, 0.4) is 0 Å². The van der Waals surface area contributed by atoms with Crippen LogP contribution in [0.5, 0.6) is 0 Å². The van der Waals surface area contributed by atoms with E-state index in [1.54, 1.807) is 0 Å². The molecule has 6 heteroatoms. The summed E-state index contributed by atoms with van der Waals surface area (Å²) < 4.78 is 18.1. The molecule has 102 valence electrons. The quantitative estimate of drug-likeness (QED) is 0.837. The van der Waals surface area contributed by atoms with E-state index in [4.69, 9.17) is 5.11 Å². The zero-order chi connectivity index (χ0) is 14.4. The molecule has 2 N–H and O–H groups in total. The standard InChI is InChI=1S/C14H11FN2O3/c15-12-5-4-11(9-10(12)3-1-2-7-18)16-14(19)13-6-8-20-17-13/h4-6,8-9,18H,2,7H2,(H,16,19). The number of rotatable bonds is 3. The van der Waals surface area contributed by atoms with Gasteiger partial charge in [-0.3, -0.25) is 4.79 Å². The molecule has 0 saturated heterocycles. The molecule has 0 bridgehead atoms. The fourth-order valence-corrected chi connectivity index (χ4v) is 1.44. The Labute approximate surface area is 114 Å². The van der Waals surface area contributed by atoms with E-state index < -0.39 is 11.7 Å². The van der Waals surface area contributed by atoms with Crippen molar-refractivity contribution in [2.24, 2.45) is 0 Å². The summed E-state index contributed by atoms with van der Waals surface area (Å²) in [7, 11) is 0. The van der Waals surface area contributed by atoms with Gasteiger partial charge in [0.25, 0.3) is 5.91 Å². The molecule has 0 spiro atoms. The maximum Gasteiger partial charge on any atom is 0.277 e. The van der Waals surface area contributed by atoms with Crippen LogP contribution >= 0.6 is 0 Å². The van der Waals surface area contributed by atoms with Gasteiger partial charge < -0.3 is 14.9 Å². The first kappa shape index (κ1) is 13.8. The van der Waals surface area contributed by atoms with E-state index in [0.717, 1.165) is 0 Å². The Morgan fingerprint density at radius 1 is 1.45 bits per heavy atom. The van der Waals surface area contributed by atoms with Gasteiger partial charge in [-0.15, -0.1) is 0 Å². The minimum Gasteiger partial charge on any atom is -0.395 e. The van der Waals surface area contributed by atoms with E-state index in [1.807, 2.05) is 0 Å². The first-order valence-corrected chi connectivity index (χ1v) is 5.81. The highest BCUT2D eigenvalue weighted by molar-refractivity contribution is 6.02. The Kier molecular flexibility index (Phi) is 4.47. The molecule has 0 fully saturated rings. The highest BCUT2D eigenvalue weighted by atomic mass is 19.1. The molecule has 5 nitrogen and oxygen atoms in total. The summed E-state index contributed by atoms with van der Waals surface area (Å²) in [5.74, 6) is 4.26. The zero-order valence-electron chi connectivity index (χ0n) is 10.4. The molecule has 0 radical (unpaired) electrons. The molecule has 2 aromatic rings. The van der Waals surface area contributed by atoms with E-state index in [2.05, 4.69) is 26.8 Å². The number of carbonyl (C=O) groups is 1. The lowest BCUT2D eigenvalue weighted by molar-refractivity contribution is 0.101. The van der Waals surface area contributed by atoms with Gasteiger partial charge in [0.15, 0.2) is 5.69 Å². The van der Waals surface area contributed by atoms with Gasteiger partial charge in [-0.1, -0.05) is 17.0 Å². The maximum atomic E-state index is 13.5. The topological polar surface area (TPSA) is 75.4 Å². The van der Waals surface area contributed by atoms with Crippen molar-refractivity contribution in [3.63, 3.8) is 0 Å². The largest absolute Gasteiger partial charge is 0.395 e. The Balaban J connectivity index is 2.15. The predicted octanol–water partition coefficient (Wildman–Crippen LogP) is 1.80. The van der Waals surface area contributed by atoms with Crippen LogP contribution < -0.4 is 5.32 Å². The molecule has 0 unspecified atom stereocenters. The molecular weight excluding hydrogens is 263 g/mol. The Morgan fingerprint density at radius 2 is 2.30 bits per heavy atom. The number of aromatic nitrogens is 1. The molecule has 2 rings (SSSR count). The van der Waals surface area contributed by atoms with Gasteiger partial charge in [-0.25, -0.2) is 4.39 Å². The van der Waals surface area contributed by atoms with Gasteiger partial charge in [-0.05, 0) is 18.2 Å². The molecule has 0 atom stereocenters. The van der Waals surface area contributed by atoms with Gasteiger partial charge in [0.1, 0.15) is 12.1 Å². The third-order valence-electron chi connectivity index (χ3n) is 2.35. The third-order valence-corrected chi connectivity index (χ3v) is 2.35. The second-order valence-corrected chi connectivity index (χ2v) is 3.81. The summed E-state index contributed by atoms with van der Waals surface area (Å²) in [6.45, 7) is -0.0861. The van der Waals surface area contributed by atoms with Gasteiger partial charge in [-0.2, -0.15) is 0 Å². The fraction of sp³-hybridized carbons (Fsp3) is 0.143. The molecular formula is C14H11FN2O3. The third kappa shape index (κ3) is 3.43. The van der Waals surface area contributed by atoms with Crippen LogP contribution in [-0.4, -0.2) is 22.8 Å². The molecule has 1 aromatic heterocycles. The average Bonchev–Trinajstić information content (AvgIpc) is 2.96. The second-order valence-electron chi connectivity index (χ2n) is 3.81. The average molecular weight is 274 g/mol. The number of carbonyl (C=O) groups excluding carboxylic acids is 1. The number of halogens is 1. The first-order chi connectivity index (χ1) is 9.70. The first-order valence-electron chi connectivity index (χ1n) is 5.81. The number of hydrogen-bond acceptors (Lipinski definition) is 4. The van der Waals surface area contributed by atoms with Crippen molar-refractivity contribution >= 4 is 11.6 Å². The van der Waals surface area contributed by atoms with Crippen LogP contribution in [0.1, 0.15) is 22.5 Å². The lowest BCUT2D eigenvalue weighted by Crippen LogP contribution is -2.12. The van der Waals surface area contributed by atoms with Crippen LogP contribution in [0, 0.1) is 17.7 Å². The Morgan fingerprint density at radius 3 is 3.00 bits per heavy atom. The van der Waals surface area contributed by atoms with E-state index in [9.17, 15) is 9.18 Å². The van der Waals surface area contributed by atoms with E-state index in [0.29, 0.717) is 5.69 Å². The summed E-state index contributed by atoms with van der Waals surface area (Å²) in [5.41, 5.74) is 0.673. The number of anilines is 1. The van der Waals surface area contributed by atoms with E-state index in [1.165, 1.54) is 30.5 Å². The Hall–Kier alpha value is -2.65. The lowest BCUT2D eigenvalue weighted by Gasteiger charge is -2.04. The number of amides is 1. The SMILES string of the molecule is O=C(Nc1ccc(F)c(C#CCCO)c1)c1ccon1. The molecule has 0 aliphatic heterocycles. The van der Waals surface area contributed by atoms with Crippen molar-refractivity contribution in [1.82, 2.24) is 5.16 Å². The normalized spacial score (nSPS) is 9.70. The van der Waals surface area contributed by atoms with Gasteiger partial charge in [0, 0.05) is 18.2 Å². The number of aliphatic hydroxyl groups is 1. The molecule has 1 heterocycles. The minimum atomic E-state index is -0.491. The van der Waals surface area contributed by atoms with Crippen LogP contribution in [0.2, 0.25) is 0 Å². The van der Waals surface area contributed by atoms with Crippen molar-refractivity contribution in [1.29, 1.82) is 0 Å². The minimum absolute atomic E-state index is 0.0861. The molecule has 0 aliphatic rings. The zero-order valence-corrected chi connectivity index (χ0v) is 10.4.